The van der Waals surface area contributed by atoms with Crippen molar-refractivity contribution >= 4 is 35.2 Å². The molecular weight excluding hydrogens is 356 g/mol. The van der Waals surface area contributed by atoms with Crippen molar-refractivity contribution in [2.45, 2.75) is 38.1 Å². The molecule has 1 aliphatic heterocycles. The van der Waals surface area contributed by atoms with Crippen LogP contribution in [0.25, 0.3) is 10.9 Å². The van der Waals surface area contributed by atoms with Crippen LogP contribution in [-0.2, 0) is 0 Å². The number of aromatic amines is 1. The Bertz CT molecular complexity index is 882. The molecule has 1 saturated heterocycles. The van der Waals surface area contributed by atoms with Gasteiger partial charge in [-0.3, -0.25) is 14.9 Å². The van der Waals surface area contributed by atoms with Crippen LogP contribution in [-0.4, -0.2) is 59.4 Å². The molecule has 3 N–H and O–H groups in total. The number of likely N-dealkylation sites (tertiary alicyclic amines) is 1. The number of benzene rings is 1. The average Bonchev–Trinajstić information content (AvgIpc) is 3.30. The quantitative estimate of drug-likeness (QED) is 0.669. The molecule has 8 nitrogen and oxygen atoms in total. The van der Waals surface area contributed by atoms with Gasteiger partial charge in [0.2, 0.25) is 0 Å². The molecule has 1 aliphatic carbocycles. The molecule has 0 bridgehead atoms. The van der Waals surface area contributed by atoms with E-state index in [2.05, 4.69) is 32.5 Å². The van der Waals surface area contributed by atoms with Crippen LogP contribution in [0, 0.1) is 5.92 Å². The van der Waals surface area contributed by atoms with Gasteiger partial charge in [0.1, 0.15) is 0 Å². The topological polar surface area (TPSA) is 102 Å². The summed E-state index contributed by atoms with van der Waals surface area (Å²) >= 11 is 0. The molecule has 1 aromatic carbocycles. The van der Waals surface area contributed by atoms with E-state index in [1.165, 1.54) is 6.42 Å². The Labute approximate surface area is 163 Å². The zero-order chi connectivity index (χ0) is 19.5. The van der Waals surface area contributed by atoms with E-state index in [1.54, 1.807) is 11.0 Å². The highest BCUT2D eigenvalue weighted by atomic mass is 16.2. The van der Waals surface area contributed by atoms with Crippen LogP contribution in [0.4, 0.5) is 10.5 Å². The molecule has 2 aromatic rings. The van der Waals surface area contributed by atoms with Crippen molar-refractivity contribution in [2.24, 2.45) is 10.9 Å². The predicted molar refractivity (Wildman–Crippen MR) is 109 cm³/mol. The van der Waals surface area contributed by atoms with E-state index >= 15 is 0 Å². The number of aliphatic imine (C=N–C) groups is 1. The molecule has 3 amide bonds. The summed E-state index contributed by atoms with van der Waals surface area (Å²) < 4.78 is 0. The van der Waals surface area contributed by atoms with E-state index in [-0.39, 0.29) is 18.0 Å². The molecule has 1 atom stereocenters. The zero-order valence-electron chi connectivity index (χ0n) is 15.9. The second-order valence-corrected chi connectivity index (χ2v) is 7.63. The van der Waals surface area contributed by atoms with Crippen molar-refractivity contribution in [2.75, 3.05) is 25.0 Å². The Morgan fingerprint density at radius 3 is 2.75 bits per heavy atom. The molecule has 0 unspecified atom stereocenters. The van der Waals surface area contributed by atoms with E-state index in [9.17, 15) is 9.59 Å². The van der Waals surface area contributed by atoms with E-state index in [1.807, 2.05) is 12.1 Å². The fraction of sp³-hybridized carbons (Fsp3) is 0.500. The second-order valence-electron chi connectivity index (χ2n) is 7.63. The summed E-state index contributed by atoms with van der Waals surface area (Å²) in [4.78, 5) is 31.0. The third-order valence-electron chi connectivity index (χ3n) is 5.78. The van der Waals surface area contributed by atoms with E-state index < -0.39 is 0 Å². The second kappa shape index (κ2) is 8.00. The van der Waals surface area contributed by atoms with Gasteiger partial charge in [0, 0.05) is 24.2 Å². The van der Waals surface area contributed by atoms with Gasteiger partial charge in [0.05, 0.1) is 18.1 Å². The number of fused-ring (bicyclic) bond motifs is 1. The molecular formula is C20H26N6O2. The first kappa shape index (κ1) is 18.5. The first-order valence-corrected chi connectivity index (χ1v) is 9.93. The van der Waals surface area contributed by atoms with Gasteiger partial charge in [0.15, 0.2) is 5.69 Å². The van der Waals surface area contributed by atoms with Crippen molar-refractivity contribution in [3.05, 3.63) is 23.9 Å². The van der Waals surface area contributed by atoms with Gasteiger partial charge < -0.3 is 15.5 Å². The van der Waals surface area contributed by atoms with Gasteiger partial charge in [-0.15, -0.1) is 0 Å². The summed E-state index contributed by atoms with van der Waals surface area (Å²) in [7, 11) is 0. The SMILES string of the molecule is C=NC[C@@H](NC(=O)c1n[nH]c2ccc(NC(=O)N3CCCC3)cc12)C1CCC1. The highest BCUT2D eigenvalue weighted by molar-refractivity contribution is 6.06. The smallest absolute Gasteiger partial charge is 0.321 e. The maximum absolute atomic E-state index is 12.8. The largest absolute Gasteiger partial charge is 0.346 e. The summed E-state index contributed by atoms with van der Waals surface area (Å²) in [6.45, 7) is 5.65. The van der Waals surface area contributed by atoms with Crippen LogP contribution >= 0.6 is 0 Å². The van der Waals surface area contributed by atoms with Gasteiger partial charge in [0.25, 0.3) is 5.91 Å². The number of carbonyl (C=O) groups is 2. The summed E-state index contributed by atoms with van der Waals surface area (Å²) in [5.41, 5.74) is 1.75. The number of carbonyl (C=O) groups excluding carboxylic acids is 2. The highest BCUT2D eigenvalue weighted by Gasteiger charge is 2.29. The van der Waals surface area contributed by atoms with Gasteiger partial charge in [-0.25, -0.2) is 4.79 Å². The minimum atomic E-state index is -0.227. The zero-order valence-corrected chi connectivity index (χ0v) is 15.9. The lowest BCUT2D eigenvalue weighted by Gasteiger charge is -2.33. The first-order valence-electron chi connectivity index (χ1n) is 9.93. The lowest BCUT2D eigenvalue weighted by Crippen LogP contribution is -2.45. The van der Waals surface area contributed by atoms with Crippen LogP contribution in [0.1, 0.15) is 42.6 Å². The monoisotopic (exact) mass is 382 g/mol. The van der Waals surface area contributed by atoms with Gasteiger partial charge in [-0.2, -0.15) is 5.10 Å². The van der Waals surface area contributed by atoms with Crippen LogP contribution in [0.3, 0.4) is 0 Å². The van der Waals surface area contributed by atoms with E-state index in [0.717, 1.165) is 44.3 Å². The number of rotatable bonds is 6. The molecule has 148 valence electrons. The Morgan fingerprint density at radius 1 is 1.29 bits per heavy atom. The maximum Gasteiger partial charge on any atom is 0.321 e. The molecule has 2 aliphatic rings. The maximum atomic E-state index is 12.8. The minimum Gasteiger partial charge on any atom is -0.346 e. The fourth-order valence-electron chi connectivity index (χ4n) is 3.92. The normalized spacial score (nSPS) is 17.9. The van der Waals surface area contributed by atoms with Gasteiger partial charge in [-0.05, 0) is 56.5 Å². The fourth-order valence-corrected chi connectivity index (χ4v) is 3.92. The van der Waals surface area contributed by atoms with Crippen LogP contribution in [0.2, 0.25) is 0 Å². The van der Waals surface area contributed by atoms with Gasteiger partial charge in [-0.1, -0.05) is 6.42 Å². The molecule has 1 aromatic heterocycles. The van der Waals surface area contributed by atoms with Crippen LogP contribution in [0.15, 0.2) is 23.2 Å². The Kier molecular flexibility index (Phi) is 5.27. The van der Waals surface area contributed by atoms with Crippen molar-refractivity contribution < 1.29 is 9.59 Å². The average molecular weight is 382 g/mol. The molecule has 2 fully saturated rings. The molecule has 4 rings (SSSR count). The molecule has 8 heteroatoms. The van der Waals surface area contributed by atoms with Crippen LogP contribution in [0.5, 0.6) is 0 Å². The van der Waals surface area contributed by atoms with Gasteiger partial charge >= 0.3 is 6.03 Å². The molecule has 2 heterocycles. The number of nitrogens with zero attached hydrogens (tertiary/aromatic N) is 3. The third kappa shape index (κ3) is 3.72. The summed E-state index contributed by atoms with van der Waals surface area (Å²) in [5, 5.41) is 13.8. The number of aromatic nitrogens is 2. The number of hydrogen-bond donors (Lipinski definition) is 3. The number of H-pyrrole nitrogens is 1. The Hall–Kier alpha value is -2.90. The summed E-state index contributed by atoms with van der Waals surface area (Å²) in [6, 6.07) is 5.32. The third-order valence-corrected chi connectivity index (χ3v) is 5.78. The number of hydrogen-bond acceptors (Lipinski definition) is 4. The van der Waals surface area contributed by atoms with E-state index in [0.29, 0.717) is 29.2 Å². The Morgan fingerprint density at radius 2 is 2.07 bits per heavy atom. The van der Waals surface area contributed by atoms with Crippen molar-refractivity contribution in [1.29, 1.82) is 0 Å². The number of urea groups is 1. The standard InChI is InChI=1S/C20H26N6O2/c1-21-12-17(13-5-4-6-13)23-19(27)18-15-11-14(7-8-16(15)24-25-18)22-20(28)26-9-2-3-10-26/h7-8,11,13,17H,1-6,9-10,12H2,(H,22,28)(H,23,27)(H,24,25)/t17-/m1/s1. The van der Waals surface area contributed by atoms with Crippen LogP contribution < -0.4 is 10.6 Å². The molecule has 0 radical (unpaired) electrons. The lowest BCUT2D eigenvalue weighted by molar-refractivity contribution is 0.0901. The number of amides is 3. The summed E-state index contributed by atoms with van der Waals surface area (Å²) in [5.74, 6) is 0.227. The van der Waals surface area contributed by atoms with Crippen molar-refractivity contribution in [3.8, 4) is 0 Å². The lowest BCUT2D eigenvalue weighted by atomic mass is 9.79. The molecule has 28 heavy (non-hydrogen) atoms. The van der Waals surface area contributed by atoms with Crippen molar-refractivity contribution in [1.82, 2.24) is 20.4 Å². The van der Waals surface area contributed by atoms with E-state index in [4.69, 9.17) is 0 Å². The first-order chi connectivity index (χ1) is 13.7. The number of nitrogens with one attached hydrogen (secondary N) is 3. The predicted octanol–water partition coefficient (Wildman–Crippen LogP) is 2.79. The molecule has 1 saturated carbocycles. The van der Waals surface area contributed by atoms with Crippen molar-refractivity contribution in [3.63, 3.8) is 0 Å². The highest BCUT2D eigenvalue weighted by Crippen LogP contribution is 2.30. The number of anilines is 1. The Balaban J connectivity index is 1.51. The molecule has 0 spiro atoms. The summed E-state index contributed by atoms with van der Waals surface area (Å²) in [6.07, 6.45) is 5.49. The minimum absolute atomic E-state index is 0.0106.